The zero-order chi connectivity index (χ0) is 29.5. The molecule has 7 heteroatoms. The summed E-state index contributed by atoms with van der Waals surface area (Å²) >= 11 is 0. The van der Waals surface area contributed by atoms with Gasteiger partial charge in [-0.15, -0.1) is 0 Å². The standard InChI is InChI=1S/C33H50O6Si/c1-20-11-16-26(39-40(9,10)30(2,3)4)32(7)24(20)19-25(34)33(35)18-17-23(31(33,5)6)27-28(32)38-29(37-27)21-12-14-22(36-8)15-13-21/h12-15,23-24,26-29,35H,1,11,16-19H2,2-10H3/t23-,24+,26-,27+,28-,29-,32-,33-/m0/s1. The summed E-state index contributed by atoms with van der Waals surface area (Å²) in [5.41, 5.74) is -0.623. The van der Waals surface area contributed by atoms with Gasteiger partial charge in [0, 0.05) is 22.8 Å². The van der Waals surface area contributed by atoms with Gasteiger partial charge in [-0.1, -0.05) is 65.8 Å². The molecule has 1 saturated heterocycles. The minimum atomic E-state index is -2.17. The van der Waals surface area contributed by atoms with Crippen LogP contribution in [-0.2, 0) is 18.7 Å². The van der Waals surface area contributed by atoms with E-state index in [4.69, 9.17) is 18.6 Å². The van der Waals surface area contributed by atoms with E-state index < -0.39 is 31.0 Å². The van der Waals surface area contributed by atoms with Gasteiger partial charge < -0.3 is 23.7 Å². The van der Waals surface area contributed by atoms with Crippen LogP contribution in [0.4, 0.5) is 0 Å². The fraction of sp³-hybridized carbons (Fsp3) is 0.727. The van der Waals surface area contributed by atoms with Crippen LogP contribution in [0.1, 0.15) is 85.5 Å². The lowest BCUT2D eigenvalue weighted by atomic mass is 9.58. The number of carbonyl (C=O) groups excluding carboxylic acids is 1. The van der Waals surface area contributed by atoms with Gasteiger partial charge >= 0.3 is 0 Å². The van der Waals surface area contributed by atoms with E-state index in [2.05, 4.69) is 47.4 Å². The summed E-state index contributed by atoms with van der Waals surface area (Å²) < 4.78 is 26.5. The summed E-state index contributed by atoms with van der Waals surface area (Å²) in [6, 6.07) is 7.86. The van der Waals surface area contributed by atoms with Crippen molar-refractivity contribution in [2.45, 2.75) is 122 Å². The quantitative estimate of drug-likeness (QED) is 0.311. The molecule has 4 aliphatic rings. The maximum Gasteiger partial charge on any atom is 0.192 e. The number of allylic oxidation sites excluding steroid dienone is 1. The first-order valence-electron chi connectivity index (χ1n) is 15.0. The normalized spacial score (nSPS) is 39.6. The highest BCUT2D eigenvalue weighted by Gasteiger charge is 2.68. The highest BCUT2D eigenvalue weighted by atomic mass is 28.4. The number of benzene rings is 1. The van der Waals surface area contributed by atoms with E-state index in [1.165, 1.54) is 0 Å². The molecular formula is C33H50O6Si. The highest BCUT2D eigenvalue weighted by Crippen LogP contribution is 2.63. The molecule has 0 spiro atoms. The molecule has 1 N–H and O–H groups in total. The second-order valence-corrected chi connectivity index (χ2v) is 19.9. The van der Waals surface area contributed by atoms with Crippen LogP contribution in [0, 0.1) is 22.7 Å². The third-order valence-electron chi connectivity index (χ3n) is 11.8. The van der Waals surface area contributed by atoms with Crippen LogP contribution in [0.2, 0.25) is 18.1 Å². The maximum absolute atomic E-state index is 14.1. The van der Waals surface area contributed by atoms with Gasteiger partial charge in [-0.2, -0.15) is 0 Å². The van der Waals surface area contributed by atoms with Gasteiger partial charge in [-0.05, 0) is 67.8 Å². The number of ketones is 1. The largest absolute Gasteiger partial charge is 0.497 e. The molecule has 4 fully saturated rings. The number of hydrogen-bond donors (Lipinski definition) is 1. The Labute approximate surface area is 241 Å². The third kappa shape index (κ3) is 4.37. The molecular weight excluding hydrogens is 520 g/mol. The summed E-state index contributed by atoms with van der Waals surface area (Å²) in [7, 11) is -0.507. The number of aliphatic hydroxyl groups is 1. The molecule has 40 heavy (non-hydrogen) atoms. The van der Waals surface area contributed by atoms with Gasteiger partial charge in [-0.25, -0.2) is 0 Å². The summed E-state index contributed by atoms with van der Waals surface area (Å²) in [5, 5.41) is 12.1. The van der Waals surface area contributed by atoms with Crippen molar-refractivity contribution in [3.8, 4) is 5.75 Å². The number of hydrogen-bond acceptors (Lipinski definition) is 6. The Morgan fingerprint density at radius 2 is 1.73 bits per heavy atom. The van der Waals surface area contributed by atoms with Crippen molar-refractivity contribution in [2.24, 2.45) is 22.7 Å². The lowest BCUT2D eigenvalue weighted by molar-refractivity contribution is -0.156. The Morgan fingerprint density at radius 3 is 2.33 bits per heavy atom. The predicted octanol–water partition coefficient (Wildman–Crippen LogP) is 6.98. The number of rotatable bonds is 4. The Hall–Kier alpha value is -1.51. The van der Waals surface area contributed by atoms with Crippen LogP contribution in [0.3, 0.4) is 0 Å². The van der Waals surface area contributed by atoms with E-state index in [9.17, 15) is 9.90 Å². The molecule has 5 rings (SSSR count). The van der Waals surface area contributed by atoms with Crippen molar-refractivity contribution < 1.29 is 28.5 Å². The van der Waals surface area contributed by atoms with Gasteiger partial charge in [-0.3, -0.25) is 4.79 Å². The average molecular weight is 571 g/mol. The van der Waals surface area contributed by atoms with E-state index >= 15 is 0 Å². The smallest absolute Gasteiger partial charge is 0.192 e. The van der Waals surface area contributed by atoms with Crippen molar-refractivity contribution in [2.75, 3.05) is 7.11 Å². The lowest BCUT2D eigenvalue weighted by Gasteiger charge is -2.55. The minimum Gasteiger partial charge on any atom is -0.497 e. The summed E-state index contributed by atoms with van der Waals surface area (Å²) in [6.45, 7) is 22.2. The van der Waals surface area contributed by atoms with Crippen LogP contribution >= 0.6 is 0 Å². The van der Waals surface area contributed by atoms with E-state index in [0.717, 1.165) is 29.7 Å². The van der Waals surface area contributed by atoms with Crippen LogP contribution in [0.15, 0.2) is 36.4 Å². The second kappa shape index (κ2) is 9.77. The number of carbonyl (C=O) groups is 1. The molecule has 1 aromatic carbocycles. The summed E-state index contributed by atoms with van der Waals surface area (Å²) in [4.78, 5) is 14.1. The zero-order valence-electron chi connectivity index (χ0n) is 26.0. The maximum atomic E-state index is 14.1. The second-order valence-electron chi connectivity index (χ2n) is 15.1. The van der Waals surface area contributed by atoms with Crippen LogP contribution < -0.4 is 4.74 Å². The fourth-order valence-electron chi connectivity index (χ4n) is 7.89. The Bertz CT molecular complexity index is 1150. The summed E-state index contributed by atoms with van der Waals surface area (Å²) in [6.07, 6.45) is 1.76. The molecule has 6 nitrogen and oxygen atoms in total. The molecule has 8 atom stereocenters. The third-order valence-corrected chi connectivity index (χ3v) is 16.3. The number of methoxy groups -OCH3 is 1. The Balaban J connectivity index is 1.65. The van der Waals surface area contributed by atoms with E-state index in [0.29, 0.717) is 12.8 Å². The van der Waals surface area contributed by atoms with Crippen molar-refractivity contribution in [3.05, 3.63) is 42.0 Å². The first kappa shape index (κ1) is 30.0. The first-order chi connectivity index (χ1) is 18.5. The predicted molar refractivity (Wildman–Crippen MR) is 159 cm³/mol. The van der Waals surface area contributed by atoms with Crippen molar-refractivity contribution in [1.29, 1.82) is 0 Å². The fourth-order valence-corrected chi connectivity index (χ4v) is 9.33. The minimum absolute atomic E-state index is 0.0376. The first-order valence-corrected chi connectivity index (χ1v) is 17.9. The van der Waals surface area contributed by atoms with Crippen LogP contribution in [0.25, 0.3) is 0 Å². The molecule has 222 valence electrons. The van der Waals surface area contributed by atoms with Gasteiger partial charge in [0.1, 0.15) is 11.4 Å². The SMILES string of the molecule is C=C1CC[C@H](O[Si](C)(C)C(C)(C)C)[C@]2(C)[C@@H]1CC(=O)[C@@]1(O)CC[C@@H]([C@H]3O[C@H](c4ccc(OC)cc4)O[C@@H]32)C1(C)C. The molecule has 2 bridgehead atoms. The van der Waals surface area contributed by atoms with Crippen LogP contribution in [-0.4, -0.2) is 50.2 Å². The monoisotopic (exact) mass is 570 g/mol. The molecule has 3 saturated carbocycles. The highest BCUT2D eigenvalue weighted by molar-refractivity contribution is 6.74. The van der Waals surface area contributed by atoms with Crippen LogP contribution in [0.5, 0.6) is 5.75 Å². The molecule has 1 aromatic rings. The Morgan fingerprint density at radius 1 is 1.07 bits per heavy atom. The van der Waals surface area contributed by atoms with Gasteiger partial charge in [0.15, 0.2) is 20.4 Å². The Kier molecular flexibility index (Phi) is 7.31. The number of Topliss-reactive ketones (excluding diaryl/α,β-unsaturated/α-hetero) is 1. The molecule has 0 unspecified atom stereocenters. The zero-order valence-corrected chi connectivity index (χ0v) is 27.0. The van der Waals surface area contributed by atoms with E-state index in [-0.39, 0.29) is 47.4 Å². The number of fused-ring (bicyclic) bond motifs is 6. The summed E-state index contributed by atoms with van der Waals surface area (Å²) in [5.74, 6) is 0.489. The molecule has 1 heterocycles. The van der Waals surface area contributed by atoms with Crippen molar-refractivity contribution >= 4 is 14.1 Å². The average Bonchev–Trinajstić information content (AvgIpc) is 3.42. The van der Waals surface area contributed by atoms with Gasteiger partial charge in [0.05, 0.1) is 25.4 Å². The molecule has 1 aliphatic heterocycles. The molecule has 3 aliphatic carbocycles. The van der Waals surface area contributed by atoms with Crippen molar-refractivity contribution in [1.82, 2.24) is 0 Å². The lowest BCUT2D eigenvalue weighted by Crippen LogP contribution is -2.60. The van der Waals surface area contributed by atoms with E-state index in [1.807, 2.05) is 38.1 Å². The van der Waals surface area contributed by atoms with Gasteiger partial charge in [0.2, 0.25) is 0 Å². The van der Waals surface area contributed by atoms with E-state index in [1.54, 1.807) is 7.11 Å². The molecule has 0 radical (unpaired) electrons. The van der Waals surface area contributed by atoms with Crippen molar-refractivity contribution in [3.63, 3.8) is 0 Å². The number of ether oxygens (including phenoxy) is 3. The molecule has 0 aromatic heterocycles. The molecule has 0 amide bonds. The topological polar surface area (TPSA) is 74.2 Å². The van der Waals surface area contributed by atoms with Gasteiger partial charge in [0.25, 0.3) is 0 Å².